The first kappa shape index (κ1) is 17.4. The molecule has 0 radical (unpaired) electrons. The summed E-state index contributed by atoms with van der Waals surface area (Å²) in [7, 11) is 0. The first-order valence-electron chi connectivity index (χ1n) is 8.38. The first-order valence-corrected chi connectivity index (χ1v) is 8.38. The fourth-order valence-electron chi connectivity index (χ4n) is 2.46. The number of nitrogens with one attached hydrogen (secondary N) is 1. The number of hydrogen-bond acceptors (Lipinski definition) is 3. The van der Waals surface area contributed by atoms with Crippen molar-refractivity contribution in [2.24, 2.45) is 5.10 Å². The summed E-state index contributed by atoms with van der Waals surface area (Å²) in [5, 5.41) is 3.96. The molecule has 0 aliphatic rings. The van der Waals surface area contributed by atoms with Crippen LogP contribution in [0.3, 0.4) is 0 Å². The van der Waals surface area contributed by atoms with Crippen LogP contribution in [-0.4, -0.2) is 18.7 Å². The fourth-order valence-corrected chi connectivity index (χ4v) is 2.46. The molecule has 0 heterocycles. The lowest BCUT2D eigenvalue weighted by Crippen LogP contribution is -2.24. The molecule has 0 saturated carbocycles. The highest BCUT2D eigenvalue weighted by Gasteiger charge is 2.02. The van der Waals surface area contributed by atoms with Crippen molar-refractivity contribution in [1.29, 1.82) is 0 Å². The van der Waals surface area contributed by atoms with E-state index in [-0.39, 0.29) is 12.5 Å². The number of nitrogens with zero attached hydrogens (tertiary/aromatic N) is 1. The number of carbonyl (C=O) groups is 1. The van der Waals surface area contributed by atoms with Crippen LogP contribution in [0.25, 0.3) is 11.1 Å². The number of hydrogen-bond donors (Lipinski definition) is 1. The zero-order valence-corrected chi connectivity index (χ0v) is 14.6. The Hall–Kier alpha value is -3.40. The van der Waals surface area contributed by atoms with Gasteiger partial charge in [0.2, 0.25) is 0 Å². The molecule has 4 heteroatoms. The van der Waals surface area contributed by atoms with Gasteiger partial charge in [0, 0.05) is 0 Å². The molecule has 26 heavy (non-hydrogen) atoms. The third kappa shape index (κ3) is 4.80. The lowest BCUT2D eigenvalue weighted by atomic mass is 10.1. The van der Waals surface area contributed by atoms with Crippen molar-refractivity contribution in [3.05, 3.63) is 90.0 Å². The Kier molecular flexibility index (Phi) is 5.78. The Morgan fingerprint density at radius 3 is 2.31 bits per heavy atom. The summed E-state index contributed by atoms with van der Waals surface area (Å²) in [6, 6.07) is 25.6. The first-order chi connectivity index (χ1) is 12.7. The van der Waals surface area contributed by atoms with Crippen LogP contribution < -0.4 is 10.2 Å². The topological polar surface area (TPSA) is 50.7 Å². The van der Waals surface area contributed by atoms with Gasteiger partial charge in [-0.3, -0.25) is 4.79 Å². The highest BCUT2D eigenvalue weighted by atomic mass is 16.5. The average Bonchev–Trinajstić information content (AvgIpc) is 2.69. The minimum atomic E-state index is -0.304. The van der Waals surface area contributed by atoms with Gasteiger partial charge < -0.3 is 4.74 Å². The largest absolute Gasteiger partial charge is 0.484 e. The minimum absolute atomic E-state index is 0.0875. The number of hydrazone groups is 1. The Morgan fingerprint density at radius 1 is 0.923 bits per heavy atom. The van der Waals surface area contributed by atoms with Gasteiger partial charge in [0.1, 0.15) is 5.75 Å². The zero-order valence-electron chi connectivity index (χ0n) is 14.6. The summed E-state index contributed by atoms with van der Waals surface area (Å²) < 4.78 is 5.50. The monoisotopic (exact) mass is 344 g/mol. The van der Waals surface area contributed by atoms with Crippen LogP contribution in [0.5, 0.6) is 5.75 Å². The molecule has 0 saturated heterocycles. The van der Waals surface area contributed by atoms with Gasteiger partial charge in [0.05, 0.1) is 6.21 Å². The van der Waals surface area contributed by atoms with Crippen molar-refractivity contribution in [2.45, 2.75) is 6.92 Å². The van der Waals surface area contributed by atoms with Gasteiger partial charge in [-0.2, -0.15) is 5.10 Å². The number of amides is 1. The van der Waals surface area contributed by atoms with E-state index in [1.165, 1.54) is 0 Å². The Balaban J connectivity index is 1.49. The van der Waals surface area contributed by atoms with Crippen molar-refractivity contribution >= 4 is 12.1 Å². The van der Waals surface area contributed by atoms with E-state index in [4.69, 9.17) is 4.74 Å². The minimum Gasteiger partial charge on any atom is -0.484 e. The van der Waals surface area contributed by atoms with Crippen LogP contribution in [0.2, 0.25) is 0 Å². The Labute approximate surface area is 153 Å². The predicted octanol–water partition coefficient (Wildman–Crippen LogP) is 4.19. The van der Waals surface area contributed by atoms with Gasteiger partial charge in [-0.15, -0.1) is 0 Å². The molecular weight excluding hydrogens is 324 g/mol. The van der Waals surface area contributed by atoms with Crippen molar-refractivity contribution in [3.63, 3.8) is 0 Å². The van der Waals surface area contributed by atoms with Crippen molar-refractivity contribution < 1.29 is 9.53 Å². The second-order valence-electron chi connectivity index (χ2n) is 5.83. The van der Waals surface area contributed by atoms with Gasteiger partial charge in [-0.1, -0.05) is 66.7 Å². The molecule has 0 bridgehead atoms. The van der Waals surface area contributed by atoms with E-state index >= 15 is 0 Å². The van der Waals surface area contributed by atoms with Gasteiger partial charge >= 0.3 is 0 Å². The molecule has 0 spiro atoms. The van der Waals surface area contributed by atoms with Crippen LogP contribution in [0.15, 0.2) is 84.0 Å². The summed E-state index contributed by atoms with van der Waals surface area (Å²) >= 11 is 0. The molecule has 3 rings (SSSR count). The van der Waals surface area contributed by atoms with Crippen molar-refractivity contribution in [3.8, 4) is 16.9 Å². The Bertz CT molecular complexity index is 888. The smallest absolute Gasteiger partial charge is 0.277 e. The van der Waals surface area contributed by atoms with Crippen LogP contribution in [-0.2, 0) is 4.79 Å². The lowest BCUT2D eigenvalue weighted by molar-refractivity contribution is -0.123. The van der Waals surface area contributed by atoms with E-state index in [1.807, 2.05) is 73.7 Å². The predicted molar refractivity (Wildman–Crippen MR) is 104 cm³/mol. The molecule has 0 atom stereocenters. The van der Waals surface area contributed by atoms with Gasteiger partial charge in [-0.25, -0.2) is 5.43 Å². The van der Waals surface area contributed by atoms with Crippen LogP contribution in [0, 0.1) is 6.92 Å². The molecule has 0 aliphatic heterocycles. The molecule has 0 fully saturated rings. The third-order valence-electron chi connectivity index (χ3n) is 3.91. The number of aryl methyl sites for hydroxylation is 1. The molecule has 3 aromatic rings. The molecule has 1 N–H and O–H groups in total. The molecule has 3 aromatic carbocycles. The molecule has 0 aliphatic carbocycles. The van der Waals surface area contributed by atoms with E-state index in [9.17, 15) is 4.79 Å². The zero-order chi connectivity index (χ0) is 18.2. The molecule has 1 amide bonds. The van der Waals surface area contributed by atoms with Gasteiger partial charge in [0.15, 0.2) is 6.61 Å². The number of ether oxygens (including phenoxy) is 1. The lowest BCUT2D eigenvalue weighted by Gasteiger charge is -2.07. The normalized spacial score (nSPS) is 10.7. The SMILES string of the molecule is Cc1ccccc1C=NNC(=O)COc1ccc(-c2ccccc2)cc1. The summed E-state index contributed by atoms with van der Waals surface area (Å²) in [5.74, 6) is 0.338. The number of benzene rings is 3. The fraction of sp³-hybridized carbons (Fsp3) is 0.0909. The van der Waals surface area contributed by atoms with Crippen LogP contribution in [0.1, 0.15) is 11.1 Å². The highest BCUT2D eigenvalue weighted by Crippen LogP contribution is 2.21. The molecule has 130 valence electrons. The van der Waals surface area contributed by atoms with E-state index < -0.39 is 0 Å². The third-order valence-corrected chi connectivity index (χ3v) is 3.91. The quantitative estimate of drug-likeness (QED) is 0.538. The van der Waals surface area contributed by atoms with Crippen molar-refractivity contribution in [2.75, 3.05) is 6.61 Å². The maximum absolute atomic E-state index is 11.8. The van der Waals surface area contributed by atoms with Crippen LogP contribution >= 0.6 is 0 Å². The summed E-state index contributed by atoms with van der Waals surface area (Å²) in [5.41, 5.74) is 6.78. The van der Waals surface area contributed by atoms with Crippen molar-refractivity contribution in [1.82, 2.24) is 5.43 Å². The van der Waals surface area contributed by atoms with E-state index in [0.717, 1.165) is 22.3 Å². The second kappa shape index (κ2) is 8.62. The second-order valence-corrected chi connectivity index (χ2v) is 5.83. The molecule has 0 unspecified atom stereocenters. The number of rotatable bonds is 6. The van der Waals surface area contributed by atoms with E-state index in [1.54, 1.807) is 6.21 Å². The van der Waals surface area contributed by atoms with E-state index in [0.29, 0.717) is 5.75 Å². The van der Waals surface area contributed by atoms with Gasteiger partial charge in [0.25, 0.3) is 5.91 Å². The maximum Gasteiger partial charge on any atom is 0.277 e. The summed E-state index contributed by atoms with van der Waals surface area (Å²) in [4.78, 5) is 11.8. The van der Waals surface area contributed by atoms with Gasteiger partial charge in [-0.05, 0) is 41.3 Å². The highest BCUT2D eigenvalue weighted by molar-refractivity contribution is 5.84. The standard InChI is InChI=1S/C22H20N2O2/c1-17-7-5-6-10-20(17)15-23-24-22(25)16-26-21-13-11-19(12-14-21)18-8-3-2-4-9-18/h2-15H,16H2,1H3,(H,24,25). The maximum atomic E-state index is 11.8. The number of carbonyl (C=O) groups excluding carboxylic acids is 1. The average molecular weight is 344 g/mol. The summed E-state index contributed by atoms with van der Waals surface area (Å²) in [6.45, 7) is 1.90. The van der Waals surface area contributed by atoms with Crippen LogP contribution in [0.4, 0.5) is 0 Å². The molecular formula is C22H20N2O2. The molecule has 0 aromatic heterocycles. The Morgan fingerprint density at radius 2 is 1.58 bits per heavy atom. The summed E-state index contributed by atoms with van der Waals surface area (Å²) in [6.07, 6.45) is 1.63. The van der Waals surface area contributed by atoms with E-state index in [2.05, 4.69) is 22.7 Å². The molecule has 4 nitrogen and oxygen atoms in total.